The zero-order chi connectivity index (χ0) is 19.3. The Hall–Kier alpha value is -2.66. The number of fused-ring (bicyclic) bond motifs is 1. The van der Waals surface area contributed by atoms with Crippen LogP contribution in [0.2, 0.25) is 0 Å². The number of nitrogens with one attached hydrogen (secondary N) is 2. The molecular weight excluding hydrogens is 351 g/mol. The van der Waals surface area contributed by atoms with E-state index < -0.39 is 0 Å². The number of nitrogens with zero attached hydrogens (tertiary/aromatic N) is 2. The van der Waals surface area contributed by atoms with Crippen LogP contribution in [0.15, 0.2) is 48.5 Å². The minimum absolute atomic E-state index is 0.232. The second-order valence-corrected chi connectivity index (χ2v) is 7.34. The molecule has 2 heterocycles. The number of benzene rings is 2. The summed E-state index contributed by atoms with van der Waals surface area (Å²) in [7, 11) is 0. The molecule has 0 radical (unpaired) electrons. The first-order chi connectivity index (χ1) is 13.7. The average Bonchev–Trinajstić information content (AvgIpc) is 3.09. The molecular formula is C23H27FN4. The minimum Gasteiger partial charge on any atom is -0.340 e. The second-order valence-electron chi connectivity index (χ2n) is 7.34. The number of halogens is 1. The molecule has 1 aliphatic heterocycles. The molecule has 0 fully saturated rings. The first-order valence-electron chi connectivity index (χ1n) is 10.2. The summed E-state index contributed by atoms with van der Waals surface area (Å²) in [5.74, 6) is 1.77. The summed E-state index contributed by atoms with van der Waals surface area (Å²) >= 11 is 0. The maximum atomic E-state index is 13.3. The molecule has 2 N–H and O–H groups in total. The Morgan fingerprint density at radius 3 is 2.61 bits per heavy atom. The molecule has 0 saturated heterocycles. The molecule has 146 valence electrons. The summed E-state index contributed by atoms with van der Waals surface area (Å²) in [6.45, 7) is 4.76. The highest BCUT2D eigenvalue weighted by atomic mass is 19.1. The van der Waals surface area contributed by atoms with E-state index in [4.69, 9.17) is 4.98 Å². The van der Waals surface area contributed by atoms with Gasteiger partial charge in [-0.15, -0.1) is 0 Å². The monoisotopic (exact) mass is 378 g/mol. The van der Waals surface area contributed by atoms with Gasteiger partial charge in [0.1, 0.15) is 23.2 Å². The highest BCUT2D eigenvalue weighted by Crippen LogP contribution is 2.32. The van der Waals surface area contributed by atoms with E-state index in [1.165, 1.54) is 37.0 Å². The molecule has 0 bridgehead atoms. The summed E-state index contributed by atoms with van der Waals surface area (Å²) in [5, 5.41) is 6.85. The lowest BCUT2D eigenvalue weighted by molar-refractivity contribution is 0.509. The molecule has 0 aliphatic carbocycles. The van der Waals surface area contributed by atoms with Gasteiger partial charge < -0.3 is 15.2 Å². The van der Waals surface area contributed by atoms with Crippen LogP contribution in [0, 0.1) is 5.82 Å². The van der Waals surface area contributed by atoms with Gasteiger partial charge in [0.25, 0.3) is 0 Å². The Morgan fingerprint density at radius 2 is 1.86 bits per heavy atom. The van der Waals surface area contributed by atoms with Crippen molar-refractivity contribution in [3.05, 3.63) is 65.7 Å². The largest absolute Gasteiger partial charge is 0.340 e. The minimum atomic E-state index is -0.232. The summed E-state index contributed by atoms with van der Waals surface area (Å²) < 4.78 is 15.5. The van der Waals surface area contributed by atoms with Crippen molar-refractivity contribution in [2.24, 2.45) is 0 Å². The zero-order valence-corrected chi connectivity index (χ0v) is 16.3. The van der Waals surface area contributed by atoms with Gasteiger partial charge in [0.05, 0.1) is 6.54 Å². The molecule has 3 aromatic rings. The van der Waals surface area contributed by atoms with Gasteiger partial charge in [-0.25, -0.2) is 9.37 Å². The van der Waals surface area contributed by atoms with Crippen LogP contribution in [0.1, 0.15) is 37.6 Å². The van der Waals surface area contributed by atoms with Crippen molar-refractivity contribution < 1.29 is 4.39 Å². The third-order valence-electron chi connectivity index (χ3n) is 5.25. The quantitative estimate of drug-likeness (QED) is 0.551. The van der Waals surface area contributed by atoms with Crippen LogP contribution in [0.3, 0.4) is 0 Å². The summed E-state index contributed by atoms with van der Waals surface area (Å²) in [5.41, 5.74) is 4.28. The van der Waals surface area contributed by atoms with E-state index in [0.717, 1.165) is 54.6 Å². The van der Waals surface area contributed by atoms with E-state index in [0.29, 0.717) is 0 Å². The predicted octanol–water partition coefficient (Wildman–Crippen LogP) is 5.27. The van der Waals surface area contributed by atoms with Gasteiger partial charge in [0, 0.05) is 24.3 Å². The van der Waals surface area contributed by atoms with Crippen molar-refractivity contribution in [2.75, 3.05) is 11.9 Å². The summed E-state index contributed by atoms with van der Waals surface area (Å²) in [6, 6.07) is 15.2. The number of hydrogen-bond donors (Lipinski definition) is 2. The molecule has 4 nitrogen and oxygen atoms in total. The van der Waals surface area contributed by atoms with Gasteiger partial charge in [-0.1, -0.05) is 44.0 Å². The lowest BCUT2D eigenvalue weighted by atomic mass is 10.0. The molecule has 0 atom stereocenters. The standard InChI is InChI=1S/C23H27FN4/c1-2-3-4-5-17-6-8-18(9-7-17)22-23(26-20-12-10-19(24)11-13-20)28-15-14-25-16-21(28)27-22/h6-13,25-26H,2-5,14-16H2,1H3. The number of aryl methyl sites for hydroxylation is 1. The van der Waals surface area contributed by atoms with Crippen molar-refractivity contribution >= 4 is 11.5 Å². The van der Waals surface area contributed by atoms with Gasteiger partial charge in [-0.3, -0.25) is 0 Å². The van der Waals surface area contributed by atoms with Crippen LogP contribution in [0.5, 0.6) is 0 Å². The number of hydrogen-bond acceptors (Lipinski definition) is 3. The lowest BCUT2D eigenvalue weighted by Gasteiger charge is -2.18. The predicted molar refractivity (Wildman–Crippen MR) is 112 cm³/mol. The summed E-state index contributed by atoms with van der Waals surface area (Å²) in [6.07, 6.45) is 4.87. The second kappa shape index (κ2) is 8.57. The van der Waals surface area contributed by atoms with Gasteiger partial charge in [-0.2, -0.15) is 0 Å². The van der Waals surface area contributed by atoms with Crippen LogP contribution in [0.4, 0.5) is 15.9 Å². The number of unbranched alkanes of at least 4 members (excludes halogenated alkanes) is 2. The molecule has 0 saturated carbocycles. The third-order valence-corrected chi connectivity index (χ3v) is 5.25. The highest BCUT2D eigenvalue weighted by Gasteiger charge is 2.20. The molecule has 4 rings (SSSR count). The Balaban J connectivity index is 1.64. The van der Waals surface area contributed by atoms with Crippen LogP contribution in [0.25, 0.3) is 11.3 Å². The SMILES string of the molecule is CCCCCc1ccc(-c2nc3n(c2Nc2ccc(F)cc2)CCNC3)cc1. The van der Waals surface area contributed by atoms with Gasteiger partial charge in [0.15, 0.2) is 0 Å². The first-order valence-corrected chi connectivity index (χ1v) is 10.2. The zero-order valence-electron chi connectivity index (χ0n) is 16.3. The molecule has 28 heavy (non-hydrogen) atoms. The fraction of sp³-hybridized carbons (Fsp3) is 0.348. The van der Waals surface area contributed by atoms with Gasteiger partial charge in [0.2, 0.25) is 0 Å². The number of anilines is 2. The maximum absolute atomic E-state index is 13.3. The highest BCUT2D eigenvalue weighted by molar-refractivity contribution is 5.76. The van der Waals surface area contributed by atoms with E-state index >= 15 is 0 Å². The van der Waals surface area contributed by atoms with Crippen LogP contribution < -0.4 is 10.6 Å². The molecule has 1 aliphatic rings. The van der Waals surface area contributed by atoms with Crippen LogP contribution in [-0.2, 0) is 19.5 Å². The molecule has 1 aromatic heterocycles. The van der Waals surface area contributed by atoms with Crippen molar-refractivity contribution in [2.45, 2.75) is 45.7 Å². The average molecular weight is 378 g/mol. The molecule has 0 unspecified atom stereocenters. The Kier molecular flexibility index (Phi) is 5.72. The van der Waals surface area contributed by atoms with E-state index in [1.807, 2.05) is 0 Å². The van der Waals surface area contributed by atoms with E-state index in [-0.39, 0.29) is 5.82 Å². The molecule has 0 spiro atoms. The van der Waals surface area contributed by atoms with Gasteiger partial charge in [-0.05, 0) is 42.7 Å². The number of aromatic nitrogens is 2. The van der Waals surface area contributed by atoms with Gasteiger partial charge >= 0.3 is 0 Å². The molecule has 0 amide bonds. The van der Waals surface area contributed by atoms with Crippen molar-refractivity contribution in [1.29, 1.82) is 0 Å². The fourth-order valence-corrected chi connectivity index (χ4v) is 3.67. The van der Waals surface area contributed by atoms with Crippen LogP contribution >= 0.6 is 0 Å². The Bertz CT molecular complexity index is 913. The topological polar surface area (TPSA) is 41.9 Å². The third kappa shape index (κ3) is 4.09. The summed E-state index contributed by atoms with van der Waals surface area (Å²) in [4.78, 5) is 4.90. The van der Waals surface area contributed by atoms with E-state index in [2.05, 4.69) is 46.4 Å². The number of imidazole rings is 1. The molecule has 5 heteroatoms. The van der Waals surface area contributed by atoms with Crippen molar-refractivity contribution in [3.63, 3.8) is 0 Å². The fourth-order valence-electron chi connectivity index (χ4n) is 3.67. The normalized spacial score (nSPS) is 13.4. The first kappa shape index (κ1) is 18.7. The van der Waals surface area contributed by atoms with E-state index in [9.17, 15) is 4.39 Å². The van der Waals surface area contributed by atoms with E-state index in [1.54, 1.807) is 12.1 Å². The van der Waals surface area contributed by atoms with Crippen LogP contribution in [-0.4, -0.2) is 16.1 Å². The molecule has 2 aromatic carbocycles. The number of rotatable bonds is 7. The van der Waals surface area contributed by atoms with Crippen molar-refractivity contribution in [3.8, 4) is 11.3 Å². The maximum Gasteiger partial charge on any atom is 0.138 e. The Morgan fingerprint density at radius 1 is 1.07 bits per heavy atom. The smallest absolute Gasteiger partial charge is 0.138 e. The lowest BCUT2D eigenvalue weighted by Crippen LogP contribution is -2.28. The Labute approximate surface area is 165 Å². The van der Waals surface area contributed by atoms with Crippen molar-refractivity contribution in [1.82, 2.24) is 14.9 Å².